The Morgan fingerprint density at radius 2 is 1.80 bits per heavy atom. The predicted molar refractivity (Wildman–Crippen MR) is 120 cm³/mol. The molecule has 0 unspecified atom stereocenters. The van der Waals surface area contributed by atoms with E-state index in [1.54, 1.807) is 30.5 Å². The second-order valence-electron chi connectivity index (χ2n) is 7.20. The molecule has 30 heavy (non-hydrogen) atoms. The lowest BCUT2D eigenvalue weighted by molar-refractivity contribution is -0.118. The van der Waals surface area contributed by atoms with E-state index >= 15 is 0 Å². The zero-order chi connectivity index (χ0) is 21.4. The van der Waals surface area contributed by atoms with Crippen LogP contribution in [-0.2, 0) is 4.79 Å². The Hall–Kier alpha value is -3.38. The van der Waals surface area contributed by atoms with Gasteiger partial charge in [0.05, 0.1) is 17.3 Å². The number of anilines is 1. The van der Waals surface area contributed by atoms with Crippen molar-refractivity contribution in [2.24, 2.45) is 0 Å². The Bertz CT molecular complexity index is 1310. The Morgan fingerprint density at radius 3 is 2.50 bits per heavy atom. The van der Waals surface area contributed by atoms with E-state index in [0.29, 0.717) is 21.8 Å². The van der Waals surface area contributed by atoms with Crippen molar-refractivity contribution in [1.82, 2.24) is 14.3 Å². The number of carbonyl (C=O) groups is 1. The van der Waals surface area contributed by atoms with Crippen LogP contribution >= 0.6 is 11.6 Å². The van der Waals surface area contributed by atoms with Crippen LogP contribution in [0, 0.1) is 13.8 Å². The minimum atomic E-state index is -0.527. The molecule has 0 radical (unpaired) electrons. The molecule has 1 atom stereocenters. The Morgan fingerprint density at radius 1 is 1.07 bits per heavy atom. The van der Waals surface area contributed by atoms with Gasteiger partial charge in [0.15, 0.2) is 0 Å². The highest BCUT2D eigenvalue weighted by molar-refractivity contribution is 6.30. The zero-order valence-corrected chi connectivity index (χ0v) is 17.6. The third-order valence-corrected chi connectivity index (χ3v) is 5.55. The molecule has 1 N–H and O–H groups in total. The summed E-state index contributed by atoms with van der Waals surface area (Å²) in [6, 6.07) is 15.8. The van der Waals surface area contributed by atoms with Crippen LogP contribution in [0.2, 0.25) is 5.02 Å². The smallest absolute Gasteiger partial charge is 0.281 e. The Balaban J connectivity index is 1.77. The topological polar surface area (TPSA) is 68.9 Å². The van der Waals surface area contributed by atoms with Crippen molar-refractivity contribution in [3.05, 3.63) is 87.6 Å². The first-order chi connectivity index (χ1) is 14.4. The fourth-order valence-corrected chi connectivity index (χ4v) is 4.03. The van der Waals surface area contributed by atoms with Crippen molar-refractivity contribution in [3.8, 4) is 5.69 Å². The van der Waals surface area contributed by atoms with E-state index in [4.69, 9.17) is 11.6 Å². The molecule has 0 fully saturated rings. The number of hydrogen-bond acceptors (Lipinski definition) is 3. The normalized spacial score (nSPS) is 12.1. The maximum Gasteiger partial charge on any atom is 0.281 e. The lowest BCUT2D eigenvalue weighted by Gasteiger charge is -2.18. The summed E-state index contributed by atoms with van der Waals surface area (Å²) in [4.78, 5) is 26.1. The summed E-state index contributed by atoms with van der Waals surface area (Å²) >= 11 is 6.01. The molecule has 1 amide bonds. The summed E-state index contributed by atoms with van der Waals surface area (Å²) in [7, 11) is 0. The molecular weight excluding hydrogens is 400 g/mol. The largest absolute Gasteiger partial charge is 0.336 e. The highest BCUT2D eigenvalue weighted by atomic mass is 35.5. The van der Waals surface area contributed by atoms with Gasteiger partial charge < -0.3 is 9.88 Å². The third kappa shape index (κ3) is 3.39. The van der Waals surface area contributed by atoms with Crippen LogP contribution in [0.4, 0.5) is 5.69 Å². The van der Waals surface area contributed by atoms with E-state index in [1.807, 2.05) is 55.7 Å². The van der Waals surface area contributed by atoms with Crippen molar-refractivity contribution in [2.75, 3.05) is 5.32 Å². The standard InChI is InChI=1S/C23H21ClN4O2/c1-14-20-13-25-28(19-10-5-4-6-11-19)23(30)21(20)15(2)27(14)16(3)22(29)26-18-9-7-8-17(24)12-18/h4-13,16H,1-3H3,(H,26,29)/t16-/m1/s1. The number of aromatic nitrogens is 3. The van der Waals surface area contributed by atoms with Gasteiger partial charge in [-0.25, -0.2) is 0 Å². The van der Waals surface area contributed by atoms with E-state index in [2.05, 4.69) is 10.4 Å². The lowest BCUT2D eigenvalue weighted by Crippen LogP contribution is -2.25. The highest BCUT2D eigenvalue weighted by Crippen LogP contribution is 2.27. The highest BCUT2D eigenvalue weighted by Gasteiger charge is 2.23. The summed E-state index contributed by atoms with van der Waals surface area (Å²) in [5.74, 6) is -0.194. The van der Waals surface area contributed by atoms with Gasteiger partial charge in [0.25, 0.3) is 5.56 Å². The number of hydrogen-bond donors (Lipinski definition) is 1. The van der Waals surface area contributed by atoms with Crippen molar-refractivity contribution in [2.45, 2.75) is 26.8 Å². The number of benzene rings is 2. The maximum absolute atomic E-state index is 13.2. The molecule has 4 aromatic rings. The first-order valence-electron chi connectivity index (χ1n) is 9.59. The SMILES string of the molecule is Cc1c2cnn(-c3ccccc3)c(=O)c2c(C)n1[C@H](C)C(=O)Nc1cccc(Cl)c1. The van der Waals surface area contributed by atoms with Crippen molar-refractivity contribution < 1.29 is 4.79 Å². The molecule has 2 aromatic carbocycles. The van der Waals surface area contributed by atoms with E-state index in [1.165, 1.54) is 4.68 Å². The number of amides is 1. The van der Waals surface area contributed by atoms with E-state index < -0.39 is 6.04 Å². The molecule has 2 heterocycles. The lowest BCUT2D eigenvalue weighted by atomic mass is 10.2. The zero-order valence-electron chi connectivity index (χ0n) is 16.9. The molecule has 0 aliphatic carbocycles. The van der Waals surface area contributed by atoms with E-state index in [9.17, 15) is 9.59 Å². The third-order valence-electron chi connectivity index (χ3n) is 5.31. The first-order valence-corrected chi connectivity index (χ1v) is 9.97. The number of halogens is 1. The maximum atomic E-state index is 13.2. The van der Waals surface area contributed by atoms with Gasteiger partial charge in [-0.3, -0.25) is 9.59 Å². The Kier molecular flexibility index (Phi) is 5.18. The van der Waals surface area contributed by atoms with E-state index in [0.717, 1.165) is 16.8 Å². The molecular formula is C23H21ClN4O2. The number of para-hydroxylation sites is 1. The fraction of sp³-hybridized carbons (Fsp3) is 0.174. The average molecular weight is 421 g/mol. The van der Waals surface area contributed by atoms with Crippen molar-refractivity contribution in [3.63, 3.8) is 0 Å². The number of rotatable bonds is 4. The van der Waals surface area contributed by atoms with Gasteiger partial charge in [-0.05, 0) is 51.1 Å². The van der Waals surface area contributed by atoms with Gasteiger partial charge in [0, 0.05) is 27.5 Å². The quantitative estimate of drug-likeness (QED) is 0.522. The molecule has 0 saturated heterocycles. The van der Waals surface area contributed by atoms with Gasteiger partial charge >= 0.3 is 0 Å². The van der Waals surface area contributed by atoms with Gasteiger partial charge in [0.2, 0.25) is 5.91 Å². The van der Waals surface area contributed by atoms with Crippen LogP contribution in [0.1, 0.15) is 24.4 Å². The summed E-state index contributed by atoms with van der Waals surface area (Å²) < 4.78 is 3.26. The number of fused-ring (bicyclic) bond motifs is 1. The summed E-state index contributed by atoms with van der Waals surface area (Å²) in [5.41, 5.74) is 2.66. The second kappa shape index (κ2) is 7.80. The van der Waals surface area contributed by atoms with Crippen molar-refractivity contribution in [1.29, 1.82) is 0 Å². The van der Waals surface area contributed by atoms with Crippen LogP contribution in [0.3, 0.4) is 0 Å². The van der Waals surface area contributed by atoms with Crippen LogP contribution in [0.15, 0.2) is 65.6 Å². The number of nitrogens with zero attached hydrogens (tertiary/aromatic N) is 3. The predicted octanol–water partition coefficient (Wildman–Crippen LogP) is 4.66. The summed E-state index contributed by atoms with van der Waals surface area (Å²) in [6.07, 6.45) is 1.68. The van der Waals surface area contributed by atoms with Gasteiger partial charge in [-0.15, -0.1) is 0 Å². The van der Waals surface area contributed by atoms with Crippen LogP contribution in [0.5, 0.6) is 0 Å². The fourth-order valence-electron chi connectivity index (χ4n) is 3.84. The van der Waals surface area contributed by atoms with Gasteiger partial charge in [0.1, 0.15) is 6.04 Å². The molecule has 0 bridgehead atoms. The van der Waals surface area contributed by atoms with Gasteiger partial charge in [-0.1, -0.05) is 35.9 Å². The molecule has 7 heteroatoms. The first kappa shape index (κ1) is 19.9. The molecule has 152 valence electrons. The molecule has 6 nitrogen and oxygen atoms in total. The van der Waals surface area contributed by atoms with Crippen LogP contribution in [0.25, 0.3) is 16.5 Å². The number of carbonyl (C=O) groups excluding carboxylic acids is 1. The molecule has 0 saturated carbocycles. The molecule has 2 aromatic heterocycles. The molecule has 0 aliphatic heterocycles. The minimum Gasteiger partial charge on any atom is -0.336 e. The molecule has 0 spiro atoms. The molecule has 4 rings (SSSR count). The van der Waals surface area contributed by atoms with E-state index in [-0.39, 0.29) is 11.5 Å². The second-order valence-corrected chi connectivity index (χ2v) is 7.64. The average Bonchev–Trinajstić information content (AvgIpc) is 2.99. The number of nitrogens with one attached hydrogen (secondary N) is 1. The summed E-state index contributed by atoms with van der Waals surface area (Å²) in [6.45, 7) is 5.56. The van der Waals surface area contributed by atoms with Gasteiger partial charge in [-0.2, -0.15) is 9.78 Å². The number of aryl methyl sites for hydroxylation is 2. The van der Waals surface area contributed by atoms with Crippen molar-refractivity contribution >= 4 is 34.0 Å². The summed E-state index contributed by atoms with van der Waals surface area (Å²) in [5, 5.41) is 9.09. The minimum absolute atomic E-state index is 0.194. The molecule has 0 aliphatic rings. The monoisotopic (exact) mass is 420 g/mol. The van der Waals surface area contributed by atoms with Crippen LogP contribution < -0.4 is 10.9 Å². The van der Waals surface area contributed by atoms with Crippen LogP contribution in [-0.4, -0.2) is 20.3 Å². The Labute approximate surface area is 178 Å².